The number of hydrogen-bond acceptors (Lipinski definition) is 8. The maximum absolute atomic E-state index is 10.1. The van der Waals surface area contributed by atoms with Crippen molar-refractivity contribution in [3.63, 3.8) is 0 Å². The predicted octanol–water partition coefficient (Wildman–Crippen LogP) is -1.64. The number of nitriles is 1. The van der Waals surface area contributed by atoms with Crippen LogP contribution in [0.4, 0.5) is 5.82 Å². The van der Waals surface area contributed by atoms with Crippen LogP contribution in [0.25, 0.3) is 5.52 Å². The van der Waals surface area contributed by atoms with Crippen molar-refractivity contribution in [3.05, 3.63) is 24.2 Å². The molecule has 3 rings (SSSR count). The van der Waals surface area contributed by atoms with Crippen LogP contribution in [0.1, 0.15) is 11.8 Å². The number of nitrogens with two attached hydrogens (primary N) is 1. The standard InChI is InChI=1S/C12H13N5O4/c13-3-12(4-18)10(20)8(19)9(21-12)6-1-2-7-11(14)15-5-16-17(6)7/h1-2,5,8-10,18-20H,4H2,(H2,14,15,16)/t8?,9?,10-,12+/m0/s1. The number of hydrogen-bond donors (Lipinski definition) is 4. The quantitative estimate of drug-likeness (QED) is 0.514. The summed E-state index contributed by atoms with van der Waals surface area (Å²) in [5, 5.41) is 42.5. The van der Waals surface area contributed by atoms with E-state index in [1.807, 2.05) is 0 Å². The Hall–Kier alpha value is -2.25. The Bertz CT molecular complexity index is 726. The molecular formula is C12H13N5O4. The number of aromatic nitrogens is 3. The lowest BCUT2D eigenvalue weighted by Crippen LogP contribution is -2.44. The molecule has 1 fully saturated rings. The number of rotatable bonds is 2. The fourth-order valence-electron chi connectivity index (χ4n) is 2.49. The van der Waals surface area contributed by atoms with Gasteiger partial charge in [-0.2, -0.15) is 10.4 Å². The van der Waals surface area contributed by atoms with Crippen LogP contribution < -0.4 is 5.73 Å². The molecule has 5 N–H and O–H groups in total. The summed E-state index contributed by atoms with van der Waals surface area (Å²) < 4.78 is 6.84. The molecule has 110 valence electrons. The van der Waals surface area contributed by atoms with E-state index in [0.717, 1.165) is 0 Å². The molecule has 0 radical (unpaired) electrons. The first-order valence-corrected chi connectivity index (χ1v) is 6.18. The van der Waals surface area contributed by atoms with Gasteiger partial charge < -0.3 is 25.8 Å². The predicted molar refractivity (Wildman–Crippen MR) is 68.7 cm³/mol. The Morgan fingerprint density at radius 1 is 1.48 bits per heavy atom. The van der Waals surface area contributed by atoms with Gasteiger partial charge >= 0.3 is 0 Å². The van der Waals surface area contributed by atoms with Crippen molar-refractivity contribution < 1.29 is 20.1 Å². The minimum Gasteiger partial charge on any atom is -0.392 e. The van der Waals surface area contributed by atoms with E-state index in [-0.39, 0.29) is 5.82 Å². The zero-order chi connectivity index (χ0) is 15.2. The molecule has 2 aromatic rings. The van der Waals surface area contributed by atoms with Crippen LogP contribution in [0.2, 0.25) is 0 Å². The number of anilines is 1. The largest absolute Gasteiger partial charge is 0.392 e. The number of ether oxygens (including phenoxy) is 1. The van der Waals surface area contributed by atoms with Gasteiger partial charge in [0.05, 0.1) is 12.3 Å². The third-order valence-corrected chi connectivity index (χ3v) is 3.68. The van der Waals surface area contributed by atoms with Gasteiger partial charge in [0.2, 0.25) is 5.60 Å². The molecule has 0 bridgehead atoms. The highest BCUT2D eigenvalue weighted by Crippen LogP contribution is 2.40. The first kappa shape index (κ1) is 13.7. The lowest BCUT2D eigenvalue weighted by Gasteiger charge is -2.21. The van der Waals surface area contributed by atoms with Crippen LogP contribution >= 0.6 is 0 Å². The number of aliphatic hydroxyl groups is 3. The highest BCUT2D eigenvalue weighted by Gasteiger charge is 2.55. The number of nitrogen functional groups attached to an aromatic ring is 1. The molecule has 0 aliphatic carbocycles. The lowest BCUT2D eigenvalue weighted by atomic mass is 9.96. The normalized spacial score (nSPS) is 32.4. The first-order valence-electron chi connectivity index (χ1n) is 6.18. The van der Waals surface area contributed by atoms with E-state index >= 15 is 0 Å². The minimum absolute atomic E-state index is 0.248. The summed E-state index contributed by atoms with van der Waals surface area (Å²) in [5.41, 5.74) is 4.76. The van der Waals surface area contributed by atoms with Gasteiger partial charge in [0.25, 0.3) is 0 Å². The summed E-state index contributed by atoms with van der Waals surface area (Å²) in [5.74, 6) is 0.248. The van der Waals surface area contributed by atoms with Gasteiger partial charge in [0.1, 0.15) is 36.2 Å². The number of nitrogens with zero attached hydrogens (tertiary/aromatic N) is 4. The van der Waals surface area contributed by atoms with Crippen molar-refractivity contribution in [1.29, 1.82) is 5.26 Å². The maximum atomic E-state index is 10.1. The highest BCUT2D eigenvalue weighted by molar-refractivity contribution is 5.65. The monoisotopic (exact) mass is 291 g/mol. The fraction of sp³-hybridized carbons (Fsp3) is 0.417. The average Bonchev–Trinajstić information content (AvgIpc) is 3.02. The van der Waals surface area contributed by atoms with E-state index in [9.17, 15) is 15.3 Å². The van der Waals surface area contributed by atoms with Gasteiger partial charge in [-0.05, 0) is 12.1 Å². The van der Waals surface area contributed by atoms with E-state index in [2.05, 4.69) is 10.1 Å². The highest BCUT2D eigenvalue weighted by atomic mass is 16.6. The third kappa shape index (κ3) is 1.78. The van der Waals surface area contributed by atoms with Gasteiger partial charge in [-0.1, -0.05) is 0 Å². The summed E-state index contributed by atoms with van der Waals surface area (Å²) in [7, 11) is 0. The molecule has 0 spiro atoms. The second kappa shape index (κ2) is 4.64. The van der Waals surface area contributed by atoms with Crippen molar-refractivity contribution in [1.82, 2.24) is 14.6 Å². The van der Waals surface area contributed by atoms with E-state index < -0.39 is 30.5 Å². The zero-order valence-electron chi connectivity index (χ0n) is 10.8. The SMILES string of the molecule is N#C[C@]1(CO)OC(c2ccc3c(N)ncnn23)C(O)[C@@H]1O. The molecular weight excluding hydrogens is 278 g/mol. The Labute approximate surface area is 118 Å². The van der Waals surface area contributed by atoms with Crippen LogP contribution in [-0.4, -0.2) is 54.3 Å². The van der Waals surface area contributed by atoms with Gasteiger partial charge in [-0.15, -0.1) is 0 Å². The number of fused-ring (bicyclic) bond motifs is 1. The van der Waals surface area contributed by atoms with E-state index in [0.29, 0.717) is 11.2 Å². The molecule has 9 nitrogen and oxygen atoms in total. The summed E-state index contributed by atoms with van der Waals surface area (Å²) in [4.78, 5) is 3.84. The minimum atomic E-state index is -1.87. The molecule has 0 amide bonds. The molecule has 4 atom stereocenters. The molecule has 1 saturated heterocycles. The molecule has 21 heavy (non-hydrogen) atoms. The summed E-state index contributed by atoms with van der Waals surface area (Å²) in [6.07, 6.45) is -2.70. The Balaban J connectivity index is 2.08. The van der Waals surface area contributed by atoms with Crippen molar-refractivity contribution in [2.45, 2.75) is 23.9 Å². The average molecular weight is 291 g/mol. The van der Waals surface area contributed by atoms with Crippen molar-refractivity contribution >= 4 is 11.3 Å². The summed E-state index contributed by atoms with van der Waals surface area (Å²) in [6.45, 7) is -0.737. The van der Waals surface area contributed by atoms with Crippen LogP contribution in [0, 0.1) is 11.3 Å². The van der Waals surface area contributed by atoms with Crippen molar-refractivity contribution in [2.75, 3.05) is 12.3 Å². The summed E-state index contributed by atoms with van der Waals surface area (Å²) >= 11 is 0. The molecule has 2 aromatic heterocycles. The first-order chi connectivity index (χ1) is 10.0. The van der Waals surface area contributed by atoms with Crippen LogP contribution in [0.3, 0.4) is 0 Å². The third-order valence-electron chi connectivity index (χ3n) is 3.68. The topological polar surface area (TPSA) is 150 Å². The second-order valence-electron chi connectivity index (χ2n) is 4.83. The smallest absolute Gasteiger partial charge is 0.206 e. The summed E-state index contributed by atoms with van der Waals surface area (Å²) in [6, 6.07) is 4.95. The molecule has 1 aliphatic rings. The van der Waals surface area contributed by atoms with E-state index in [4.69, 9.17) is 15.7 Å². The fourth-order valence-corrected chi connectivity index (χ4v) is 2.49. The van der Waals surface area contributed by atoms with Crippen LogP contribution in [0.15, 0.2) is 18.5 Å². The maximum Gasteiger partial charge on any atom is 0.206 e. The van der Waals surface area contributed by atoms with Gasteiger partial charge in [0, 0.05) is 0 Å². The van der Waals surface area contributed by atoms with Crippen LogP contribution in [0.5, 0.6) is 0 Å². The second-order valence-corrected chi connectivity index (χ2v) is 4.83. The van der Waals surface area contributed by atoms with Crippen LogP contribution in [-0.2, 0) is 4.74 Å². The molecule has 9 heteroatoms. The Kier molecular flexibility index (Phi) is 3.03. The molecule has 0 aromatic carbocycles. The van der Waals surface area contributed by atoms with Crippen molar-refractivity contribution in [3.8, 4) is 6.07 Å². The molecule has 2 unspecified atom stereocenters. The Morgan fingerprint density at radius 2 is 2.24 bits per heavy atom. The Morgan fingerprint density at radius 3 is 2.86 bits per heavy atom. The van der Waals surface area contributed by atoms with Gasteiger partial charge in [-0.3, -0.25) is 0 Å². The molecule has 1 aliphatic heterocycles. The lowest BCUT2D eigenvalue weighted by molar-refractivity contribution is -0.0746. The molecule has 0 saturated carbocycles. The molecule has 3 heterocycles. The van der Waals surface area contributed by atoms with Crippen molar-refractivity contribution in [2.24, 2.45) is 0 Å². The van der Waals surface area contributed by atoms with Gasteiger partial charge in [-0.25, -0.2) is 9.50 Å². The van der Waals surface area contributed by atoms with E-state index in [1.165, 1.54) is 10.8 Å². The van der Waals surface area contributed by atoms with E-state index in [1.54, 1.807) is 18.2 Å². The van der Waals surface area contributed by atoms with Gasteiger partial charge in [0.15, 0.2) is 5.82 Å². The zero-order valence-corrected chi connectivity index (χ0v) is 10.8. The number of aliphatic hydroxyl groups excluding tert-OH is 3.